The van der Waals surface area contributed by atoms with Crippen molar-refractivity contribution in [1.29, 1.82) is 0 Å². The van der Waals surface area contributed by atoms with Gasteiger partial charge in [-0.3, -0.25) is 0 Å². The van der Waals surface area contributed by atoms with E-state index in [0.717, 1.165) is 16.9 Å². The minimum atomic E-state index is -1.62. The van der Waals surface area contributed by atoms with E-state index >= 15 is 0 Å². The average Bonchev–Trinajstić information content (AvgIpc) is 2.84. The van der Waals surface area contributed by atoms with E-state index in [4.69, 9.17) is 25.8 Å². The summed E-state index contributed by atoms with van der Waals surface area (Å²) < 4.78 is 17.1. The molecule has 0 aromatic heterocycles. The molecule has 0 spiro atoms. The Morgan fingerprint density at radius 3 is 2.53 bits per heavy atom. The van der Waals surface area contributed by atoms with Gasteiger partial charge in [0, 0.05) is 29.5 Å². The second kappa shape index (κ2) is 10.1. The van der Waals surface area contributed by atoms with Crippen LogP contribution in [0.4, 0.5) is 0 Å². The maximum atomic E-state index is 11.4. The molecule has 3 rings (SSSR count). The summed E-state index contributed by atoms with van der Waals surface area (Å²) in [4.78, 5) is 0. The van der Waals surface area contributed by atoms with Crippen molar-refractivity contribution in [3.05, 3.63) is 64.2 Å². The summed E-state index contributed by atoms with van der Waals surface area (Å²) in [6, 6.07) is 13.3. The van der Waals surface area contributed by atoms with Gasteiger partial charge in [-0.1, -0.05) is 36.7 Å². The molecule has 0 radical (unpaired) electrons. The highest BCUT2D eigenvalue weighted by molar-refractivity contribution is 6.31. The molecule has 2 N–H and O–H groups in total. The van der Waals surface area contributed by atoms with Gasteiger partial charge in [-0.15, -0.1) is 0 Å². The molecule has 2 aromatic carbocycles. The van der Waals surface area contributed by atoms with Crippen LogP contribution in [-0.2, 0) is 21.7 Å². The summed E-state index contributed by atoms with van der Waals surface area (Å²) >= 11 is 6.46. The Bertz CT molecular complexity index is 825. The van der Waals surface area contributed by atoms with Gasteiger partial charge in [0.2, 0.25) is 0 Å². The van der Waals surface area contributed by atoms with E-state index in [-0.39, 0.29) is 12.7 Å². The molecule has 1 saturated heterocycles. The van der Waals surface area contributed by atoms with Gasteiger partial charge in [0.05, 0.1) is 25.4 Å². The molecular weight excluding hydrogens is 404 g/mol. The van der Waals surface area contributed by atoms with Crippen LogP contribution in [0.2, 0.25) is 5.02 Å². The van der Waals surface area contributed by atoms with Crippen LogP contribution in [0, 0.1) is 5.92 Å². The Labute approximate surface area is 183 Å². The summed E-state index contributed by atoms with van der Waals surface area (Å²) in [5.41, 5.74) is 2.54. The molecule has 164 valence electrons. The van der Waals surface area contributed by atoms with Gasteiger partial charge in [-0.2, -0.15) is 0 Å². The van der Waals surface area contributed by atoms with E-state index in [1.807, 2.05) is 44.2 Å². The summed E-state index contributed by atoms with van der Waals surface area (Å²) in [5, 5.41) is 22.7. The fraction of sp³-hybridized carbons (Fsp3) is 0.500. The maximum Gasteiger partial charge on any atom is 0.197 e. The zero-order valence-corrected chi connectivity index (χ0v) is 18.6. The quantitative estimate of drug-likeness (QED) is 0.680. The van der Waals surface area contributed by atoms with Crippen LogP contribution in [0.15, 0.2) is 42.5 Å². The third-order valence-electron chi connectivity index (χ3n) is 5.68. The minimum absolute atomic E-state index is 0.211. The van der Waals surface area contributed by atoms with E-state index in [2.05, 4.69) is 0 Å². The fourth-order valence-electron chi connectivity index (χ4n) is 3.87. The molecule has 0 saturated carbocycles. The van der Waals surface area contributed by atoms with Crippen LogP contribution in [-0.4, -0.2) is 42.2 Å². The molecule has 0 aliphatic carbocycles. The Morgan fingerprint density at radius 2 is 1.87 bits per heavy atom. The Morgan fingerprint density at radius 1 is 1.13 bits per heavy atom. The van der Waals surface area contributed by atoms with Crippen molar-refractivity contribution in [2.45, 2.75) is 51.6 Å². The standard InChI is InChI=1S/C24H31ClO5/c1-4-28-20-9-6-17(7-10-20)12-18-13-19(8-11-22(18)25)24(27)16(3)23(26)14-21(15-30-24)29-5-2/h6-11,13,16,21,23,26-27H,4-5,12,14-15H2,1-3H3. The van der Waals surface area contributed by atoms with Gasteiger partial charge in [0.25, 0.3) is 0 Å². The van der Waals surface area contributed by atoms with Gasteiger partial charge >= 0.3 is 0 Å². The highest BCUT2D eigenvalue weighted by atomic mass is 35.5. The van der Waals surface area contributed by atoms with Crippen molar-refractivity contribution >= 4 is 11.6 Å². The summed E-state index contributed by atoms with van der Waals surface area (Å²) in [6.07, 6.45) is 0.0221. The van der Waals surface area contributed by atoms with Crippen molar-refractivity contribution in [2.24, 2.45) is 5.92 Å². The SMILES string of the molecule is CCOc1ccc(Cc2cc(C3(O)OCC(OCC)CC(O)C3C)ccc2Cl)cc1. The van der Waals surface area contributed by atoms with Crippen LogP contribution >= 0.6 is 11.6 Å². The molecular formula is C24H31ClO5. The maximum absolute atomic E-state index is 11.4. The molecule has 0 amide bonds. The first-order valence-electron chi connectivity index (χ1n) is 10.5. The number of benzene rings is 2. The molecule has 30 heavy (non-hydrogen) atoms. The first-order chi connectivity index (χ1) is 14.4. The number of aliphatic hydroxyl groups is 2. The fourth-order valence-corrected chi connectivity index (χ4v) is 4.06. The molecule has 1 heterocycles. The molecule has 1 aliphatic rings. The molecule has 0 bridgehead atoms. The Hall–Kier alpha value is -1.63. The molecule has 4 atom stereocenters. The van der Waals surface area contributed by atoms with Gasteiger partial charge in [0.15, 0.2) is 5.79 Å². The van der Waals surface area contributed by atoms with E-state index < -0.39 is 17.8 Å². The molecule has 6 heteroatoms. The number of hydrogen-bond donors (Lipinski definition) is 2. The number of halogens is 1. The van der Waals surface area contributed by atoms with Gasteiger partial charge in [0.1, 0.15) is 5.75 Å². The van der Waals surface area contributed by atoms with Gasteiger partial charge in [-0.25, -0.2) is 0 Å². The minimum Gasteiger partial charge on any atom is -0.494 e. The smallest absolute Gasteiger partial charge is 0.197 e. The molecule has 5 nitrogen and oxygen atoms in total. The first-order valence-corrected chi connectivity index (χ1v) is 10.9. The monoisotopic (exact) mass is 434 g/mol. The van der Waals surface area contributed by atoms with Crippen LogP contribution in [0.1, 0.15) is 43.9 Å². The average molecular weight is 435 g/mol. The topological polar surface area (TPSA) is 68.2 Å². The largest absolute Gasteiger partial charge is 0.494 e. The first kappa shape index (κ1) is 23.0. The van der Waals surface area contributed by atoms with Crippen LogP contribution in [0.3, 0.4) is 0 Å². The number of hydrogen-bond acceptors (Lipinski definition) is 5. The van der Waals surface area contributed by atoms with Crippen molar-refractivity contribution in [3.8, 4) is 5.75 Å². The van der Waals surface area contributed by atoms with Gasteiger partial charge < -0.3 is 24.4 Å². The van der Waals surface area contributed by atoms with E-state index in [9.17, 15) is 10.2 Å². The number of aliphatic hydroxyl groups excluding tert-OH is 1. The highest BCUT2D eigenvalue weighted by Crippen LogP contribution is 2.39. The third-order valence-corrected chi connectivity index (χ3v) is 6.05. The number of rotatable bonds is 7. The normalized spacial score (nSPS) is 26.9. The third kappa shape index (κ3) is 5.16. The van der Waals surface area contributed by atoms with E-state index in [1.165, 1.54) is 0 Å². The lowest BCUT2D eigenvalue weighted by Crippen LogP contribution is -2.41. The van der Waals surface area contributed by atoms with Crippen LogP contribution in [0.25, 0.3) is 0 Å². The van der Waals surface area contributed by atoms with Crippen molar-refractivity contribution in [3.63, 3.8) is 0 Å². The lowest BCUT2D eigenvalue weighted by molar-refractivity contribution is -0.254. The zero-order valence-electron chi connectivity index (χ0n) is 17.8. The second-order valence-electron chi connectivity index (χ2n) is 7.74. The van der Waals surface area contributed by atoms with Gasteiger partial charge in [-0.05, 0) is 55.7 Å². The van der Waals surface area contributed by atoms with Crippen LogP contribution in [0.5, 0.6) is 5.75 Å². The predicted octanol–water partition coefficient (Wildman–Crippen LogP) is 4.30. The molecule has 2 aromatic rings. The summed E-state index contributed by atoms with van der Waals surface area (Å²) in [6.45, 7) is 7.01. The Balaban J connectivity index is 1.85. The van der Waals surface area contributed by atoms with E-state index in [1.54, 1.807) is 19.1 Å². The van der Waals surface area contributed by atoms with Crippen molar-refractivity contribution in [1.82, 2.24) is 0 Å². The molecule has 1 fully saturated rings. The summed E-state index contributed by atoms with van der Waals surface area (Å²) in [5.74, 6) is -1.32. The molecule has 1 aliphatic heterocycles. The predicted molar refractivity (Wildman–Crippen MR) is 117 cm³/mol. The van der Waals surface area contributed by atoms with Crippen LogP contribution < -0.4 is 4.74 Å². The van der Waals surface area contributed by atoms with E-state index in [0.29, 0.717) is 36.6 Å². The molecule has 4 unspecified atom stereocenters. The van der Waals surface area contributed by atoms with Crippen molar-refractivity contribution in [2.75, 3.05) is 19.8 Å². The number of ether oxygens (including phenoxy) is 3. The highest BCUT2D eigenvalue weighted by Gasteiger charge is 2.44. The Kier molecular flexibility index (Phi) is 7.77. The lowest BCUT2D eigenvalue weighted by atomic mass is 9.86. The summed E-state index contributed by atoms with van der Waals surface area (Å²) in [7, 11) is 0. The lowest BCUT2D eigenvalue weighted by Gasteiger charge is -2.34. The zero-order chi connectivity index (χ0) is 21.7. The van der Waals surface area contributed by atoms with Crippen molar-refractivity contribution < 1.29 is 24.4 Å². The second-order valence-corrected chi connectivity index (χ2v) is 8.14.